The standard InChI is InChI=1S/C14H13ClN4/c1-2-6-17-14-13(18-9-12(8-16)19-14)10-4-3-5-11(15)7-10/h3-5,7,9H,2,6H2,1H3,(H,17,19). The van der Waals surface area contributed by atoms with Gasteiger partial charge in [-0.1, -0.05) is 30.7 Å². The Hall–Kier alpha value is -2.12. The number of hydrogen-bond donors (Lipinski definition) is 1. The summed E-state index contributed by atoms with van der Waals surface area (Å²) in [5.41, 5.74) is 1.88. The first-order valence-corrected chi connectivity index (χ1v) is 6.39. The zero-order valence-corrected chi connectivity index (χ0v) is 11.3. The van der Waals surface area contributed by atoms with Crippen molar-refractivity contribution in [3.05, 3.63) is 41.2 Å². The Labute approximate surface area is 117 Å². The number of anilines is 1. The van der Waals surface area contributed by atoms with Gasteiger partial charge in [0.05, 0.1) is 6.20 Å². The fraction of sp³-hybridized carbons (Fsp3) is 0.214. The molecule has 96 valence electrons. The molecule has 0 bridgehead atoms. The molecule has 1 aromatic carbocycles. The van der Waals surface area contributed by atoms with Crippen molar-refractivity contribution < 1.29 is 0 Å². The lowest BCUT2D eigenvalue weighted by Gasteiger charge is -2.10. The van der Waals surface area contributed by atoms with Gasteiger partial charge in [-0.25, -0.2) is 9.97 Å². The molecule has 0 aliphatic carbocycles. The van der Waals surface area contributed by atoms with Crippen molar-refractivity contribution >= 4 is 17.4 Å². The average Bonchev–Trinajstić information content (AvgIpc) is 2.44. The number of rotatable bonds is 4. The molecule has 19 heavy (non-hydrogen) atoms. The quantitative estimate of drug-likeness (QED) is 0.925. The van der Waals surface area contributed by atoms with Crippen molar-refractivity contribution in [2.45, 2.75) is 13.3 Å². The van der Waals surface area contributed by atoms with Gasteiger partial charge in [-0.05, 0) is 18.6 Å². The summed E-state index contributed by atoms with van der Waals surface area (Å²) in [6.07, 6.45) is 2.43. The summed E-state index contributed by atoms with van der Waals surface area (Å²) in [4.78, 5) is 8.56. The van der Waals surface area contributed by atoms with Gasteiger partial charge >= 0.3 is 0 Å². The van der Waals surface area contributed by atoms with E-state index < -0.39 is 0 Å². The molecule has 0 aliphatic rings. The van der Waals surface area contributed by atoms with Crippen LogP contribution in [0, 0.1) is 11.3 Å². The topological polar surface area (TPSA) is 61.6 Å². The highest BCUT2D eigenvalue weighted by molar-refractivity contribution is 6.30. The minimum atomic E-state index is 0.296. The number of hydrogen-bond acceptors (Lipinski definition) is 4. The Morgan fingerprint density at radius 3 is 2.95 bits per heavy atom. The summed E-state index contributed by atoms with van der Waals surface area (Å²) in [5.74, 6) is 0.614. The van der Waals surface area contributed by atoms with Crippen LogP contribution in [-0.2, 0) is 0 Å². The van der Waals surface area contributed by atoms with E-state index >= 15 is 0 Å². The molecule has 0 saturated heterocycles. The minimum absolute atomic E-state index is 0.296. The number of aromatic nitrogens is 2. The highest BCUT2D eigenvalue weighted by Crippen LogP contribution is 2.26. The average molecular weight is 273 g/mol. The number of benzene rings is 1. The molecule has 1 heterocycles. The van der Waals surface area contributed by atoms with Crippen LogP contribution in [0.15, 0.2) is 30.5 Å². The van der Waals surface area contributed by atoms with Gasteiger partial charge in [0, 0.05) is 17.1 Å². The second-order valence-corrected chi connectivity index (χ2v) is 4.44. The van der Waals surface area contributed by atoms with E-state index in [2.05, 4.69) is 22.2 Å². The van der Waals surface area contributed by atoms with Gasteiger partial charge in [0.2, 0.25) is 0 Å². The Kier molecular flexibility index (Phi) is 4.32. The minimum Gasteiger partial charge on any atom is -0.368 e. The van der Waals surface area contributed by atoms with E-state index in [1.54, 1.807) is 6.07 Å². The van der Waals surface area contributed by atoms with Gasteiger partial charge in [0.15, 0.2) is 11.5 Å². The molecular weight excluding hydrogens is 260 g/mol. The van der Waals surface area contributed by atoms with Crippen LogP contribution in [0.25, 0.3) is 11.3 Å². The van der Waals surface area contributed by atoms with Crippen molar-refractivity contribution in [3.63, 3.8) is 0 Å². The van der Waals surface area contributed by atoms with Crippen LogP contribution in [0.2, 0.25) is 5.02 Å². The number of nitrogens with one attached hydrogen (secondary N) is 1. The van der Waals surface area contributed by atoms with E-state index in [4.69, 9.17) is 16.9 Å². The molecule has 0 saturated carbocycles. The first-order valence-electron chi connectivity index (χ1n) is 6.01. The third-order valence-electron chi connectivity index (χ3n) is 2.53. The van der Waals surface area contributed by atoms with Gasteiger partial charge in [0.1, 0.15) is 11.8 Å². The van der Waals surface area contributed by atoms with E-state index in [1.165, 1.54) is 6.20 Å². The van der Waals surface area contributed by atoms with Gasteiger partial charge in [-0.3, -0.25) is 0 Å². The third-order valence-corrected chi connectivity index (χ3v) is 2.76. The summed E-state index contributed by atoms with van der Waals surface area (Å²) < 4.78 is 0. The molecule has 2 aromatic rings. The molecule has 0 unspecified atom stereocenters. The maximum atomic E-state index is 8.89. The van der Waals surface area contributed by atoms with E-state index in [9.17, 15) is 0 Å². The molecular formula is C14H13ClN4. The molecule has 0 fully saturated rings. The lowest BCUT2D eigenvalue weighted by atomic mass is 10.1. The highest BCUT2D eigenvalue weighted by atomic mass is 35.5. The molecule has 5 heteroatoms. The maximum Gasteiger partial charge on any atom is 0.161 e. The summed E-state index contributed by atoms with van der Waals surface area (Å²) in [6.45, 7) is 2.84. The van der Waals surface area contributed by atoms with Crippen LogP contribution in [-0.4, -0.2) is 16.5 Å². The van der Waals surface area contributed by atoms with Crippen molar-refractivity contribution in [2.24, 2.45) is 0 Å². The van der Waals surface area contributed by atoms with E-state index in [0.29, 0.717) is 22.2 Å². The van der Waals surface area contributed by atoms with E-state index in [0.717, 1.165) is 18.5 Å². The fourth-order valence-corrected chi connectivity index (χ4v) is 1.85. The van der Waals surface area contributed by atoms with Gasteiger partial charge in [-0.2, -0.15) is 5.26 Å². The smallest absolute Gasteiger partial charge is 0.161 e. The molecule has 0 spiro atoms. The second-order valence-electron chi connectivity index (χ2n) is 4.00. The van der Waals surface area contributed by atoms with Crippen molar-refractivity contribution in [3.8, 4) is 17.3 Å². The normalized spacial score (nSPS) is 9.95. The Morgan fingerprint density at radius 1 is 1.42 bits per heavy atom. The van der Waals surface area contributed by atoms with E-state index in [1.807, 2.05) is 24.3 Å². The van der Waals surface area contributed by atoms with E-state index in [-0.39, 0.29) is 0 Å². The first-order chi connectivity index (χ1) is 9.24. The lowest BCUT2D eigenvalue weighted by molar-refractivity contribution is 0.964. The van der Waals surface area contributed by atoms with Gasteiger partial charge in [0.25, 0.3) is 0 Å². The summed E-state index contributed by atoms with van der Waals surface area (Å²) >= 11 is 5.99. The van der Waals surface area contributed by atoms with Crippen molar-refractivity contribution in [1.29, 1.82) is 5.26 Å². The van der Waals surface area contributed by atoms with Crippen molar-refractivity contribution in [1.82, 2.24) is 9.97 Å². The molecule has 2 rings (SSSR count). The lowest BCUT2D eigenvalue weighted by Crippen LogP contribution is -2.06. The van der Waals surface area contributed by atoms with Crippen LogP contribution in [0.1, 0.15) is 19.0 Å². The summed E-state index contributed by atoms with van der Waals surface area (Å²) in [6, 6.07) is 9.41. The Balaban J connectivity index is 2.46. The Bertz CT molecular complexity index is 619. The number of nitriles is 1. The van der Waals surface area contributed by atoms with Crippen molar-refractivity contribution in [2.75, 3.05) is 11.9 Å². The monoisotopic (exact) mass is 272 g/mol. The summed E-state index contributed by atoms with van der Waals surface area (Å²) in [5, 5.41) is 12.7. The van der Waals surface area contributed by atoms with Crippen LogP contribution in [0.4, 0.5) is 5.82 Å². The Morgan fingerprint density at radius 2 is 2.26 bits per heavy atom. The molecule has 4 nitrogen and oxygen atoms in total. The first kappa shape index (κ1) is 13.3. The SMILES string of the molecule is CCCNc1nc(C#N)cnc1-c1cccc(Cl)c1. The largest absolute Gasteiger partial charge is 0.368 e. The predicted octanol–water partition coefficient (Wildman–Crippen LogP) is 3.49. The van der Waals surface area contributed by atoms with Crippen LogP contribution in [0.3, 0.4) is 0 Å². The predicted molar refractivity (Wildman–Crippen MR) is 76.0 cm³/mol. The number of halogens is 1. The number of nitrogens with zero attached hydrogens (tertiary/aromatic N) is 3. The fourth-order valence-electron chi connectivity index (χ4n) is 1.66. The van der Waals surface area contributed by atoms with Crippen LogP contribution < -0.4 is 5.32 Å². The maximum absolute atomic E-state index is 8.89. The molecule has 1 N–H and O–H groups in total. The molecule has 1 aromatic heterocycles. The third kappa shape index (κ3) is 3.21. The highest BCUT2D eigenvalue weighted by Gasteiger charge is 2.09. The second kappa shape index (κ2) is 6.17. The molecule has 0 aliphatic heterocycles. The molecule has 0 radical (unpaired) electrons. The van der Waals surface area contributed by atoms with Crippen LogP contribution >= 0.6 is 11.6 Å². The van der Waals surface area contributed by atoms with Crippen LogP contribution in [0.5, 0.6) is 0 Å². The van der Waals surface area contributed by atoms with Gasteiger partial charge < -0.3 is 5.32 Å². The zero-order chi connectivity index (χ0) is 13.7. The molecule has 0 amide bonds. The zero-order valence-electron chi connectivity index (χ0n) is 10.5. The summed E-state index contributed by atoms with van der Waals surface area (Å²) in [7, 11) is 0. The molecule has 0 atom stereocenters. The van der Waals surface area contributed by atoms with Gasteiger partial charge in [-0.15, -0.1) is 0 Å².